The quantitative estimate of drug-likeness (QED) is 0.341. The van der Waals surface area contributed by atoms with Gasteiger partial charge in [0.2, 0.25) is 5.91 Å². The first-order chi connectivity index (χ1) is 15.0. The van der Waals surface area contributed by atoms with Gasteiger partial charge in [0, 0.05) is 17.8 Å². The van der Waals surface area contributed by atoms with Gasteiger partial charge in [-0.25, -0.2) is 0 Å². The topological polar surface area (TPSA) is 69.0 Å². The molecule has 1 heterocycles. The van der Waals surface area contributed by atoms with Crippen molar-refractivity contribution in [1.82, 2.24) is 14.8 Å². The molecule has 2 aromatic carbocycles. The lowest BCUT2D eigenvalue weighted by molar-refractivity contribution is -0.113. The summed E-state index contributed by atoms with van der Waals surface area (Å²) in [7, 11) is 1.63. The predicted molar refractivity (Wildman–Crippen MR) is 127 cm³/mol. The number of nitrogens with one attached hydrogen (secondary N) is 1. The number of carbonyl (C=O) groups excluding carboxylic acids is 1. The lowest BCUT2D eigenvalue weighted by atomic mass is 9.99. The normalized spacial score (nSPS) is 11.7. The fourth-order valence-corrected chi connectivity index (χ4v) is 3.85. The Hall–Kier alpha value is -3.06. The van der Waals surface area contributed by atoms with Gasteiger partial charge in [-0.2, -0.15) is 0 Å². The number of allylic oxidation sites excluding steroid dienone is 1. The molecule has 162 valence electrons. The van der Waals surface area contributed by atoms with Gasteiger partial charge in [-0.3, -0.25) is 9.36 Å². The lowest BCUT2D eigenvalue weighted by Gasteiger charge is -2.11. The summed E-state index contributed by atoms with van der Waals surface area (Å²) in [5, 5.41) is 12.2. The number of benzene rings is 2. The van der Waals surface area contributed by atoms with Crippen molar-refractivity contribution >= 4 is 23.4 Å². The van der Waals surface area contributed by atoms with Crippen LogP contribution in [0.1, 0.15) is 31.7 Å². The highest BCUT2D eigenvalue weighted by Crippen LogP contribution is 2.26. The van der Waals surface area contributed by atoms with Crippen LogP contribution in [-0.4, -0.2) is 33.5 Å². The van der Waals surface area contributed by atoms with Gasteiger partial charge in [0.05, 0.1) is 12.9 Å². The van der Waals surface area contributed by atoms with Crippen LogP contribution in [0.3, 0.4) is 0 Å². The summed E-state index contributed by atoms with van der Waals surface area (Å²) in [5.74, 6) is 2.18. The highest BCUT2D eigenvalue weighted by Gasteiger charge is 2.15. The van der Waals surface area contributed by atoms with E-state index in [1.807, 2.05) is 41.0 Å². The molecular formula is C24H28N4O2S. The maximum atomic E-state index is 12.5. The molecule has 0 aliphatic rings. The summed E-state index contributed by atoms with van der Waals surface area (Å²) in [6.45, 7) is 8.75. The number of thioether (sulfide) groups is 1. The first-order valence-corrected chi connectivity index (χ1v) is 11.2. The SMILES string of the molecule is C=CCn1c(SCC(=O)Nc2ccc([C@H](C)CC)cc2)nnc1-c1ccc(OC)cc1. The molecule has 1 atom stereocenters. The molecule has 3 rings (SSSR count). The van der Waals surface area contributed by atoms with E-state index in [9.17, 15) is 4.79 Å². The molecule has 7 heteroatoms. The first-order valence-electron chi connectivity index (χ1n) is 10.3. The van der Waals surface area contributed by atoms with Crippen molar-refractivity contribution in [2.75, 3.05) is 18.2 Å². The molecule has 0 saturated heterocycles. The van der Waals surface area contributed by atoms with E-state index in [0.717, 1.165) is 29.2 Å². The van der Waals surface area contributed by atoms with Crippen LogP contribution >= 0.6 is 11.8 Å². The van der Waals surface area contributed by atoms with Crippen molar-refractivity contribution in [3.8, 4) is 17.1 Å². The molecule has 31 heavy (non-hydrogen) atoms. The molecule has 0 saturated carbocycles. The zero-order valence-electron chi connectivity index (χ0n) is 18.2. The fourth-order valence-electron chi connectivity index (χ4n) is 3.10. The maximum Gasteiger partial charge on any atom is 0.234 e. The summed E-state index contributed by atoms with van der Waals surface area (Å²) >= 11 is 1.35. The molecule has 6 nitrogen and oxygen atoms in total. The molecule has 1 aromatic heterocycles. The number of hydrogen-bond donors (Lipinski definition) is 1. The summed E-state index contributed by atoms with van der Waals surface area (Å²) in [5.41, 5.74) is 3.00. The minimum Gasteiger partial charge on any atom is -0.497 e. The molecule has 0 aliphatic carbocycles. The molecule has 0 aliphatic heterocycles. The van der Waals surface area contributed by atoms with Crippen LogP contribution in [0.4, 0.5) is 5.69 Å². The third kappa shape index (κ3) is 5.76. The van der Waals surface area contributed by atoms with Gasteiger partial charge in [0.1, 0.15) is 5.75 Å². The molecule has 0 unspecified atom stereocenters. The summed E-state index contributed by atoms with van der Waals surface area (Å²) in [6.07, 6.45) is 2.88. The van der Waals surface area contributed by atoms with Crippen LogP contribution < -0.4 is 10.1 Å². The standard InChI is InChI=1S/C24H28N4O2S/c1-5-15-28-23(19-9-13-21(30-4)14-10-19)26-27-24(28)31-16-22(29)25-20-11-7-18(8-12-20)17(3)6-2/h5,7-14,17H,1,6,15-16H2,2-4H3,(H,25,29)/t17-/m1/s1. The zero-order chi connectivity index (χ0) is 22.2. The van der Waals surface area contributed by atoms with E-state index >= 15 is 0 Å². The minimum atomic E-state index is -0.0829. The van der Waals surface area contributed by atoms with Crippen LogP contribution in [0.15, 0.2) is 66.3 Å². The third-order valence-electron chi connectivity index (χ3n) is 5.08. The van der Waals surface area contributed by atoms with E-state index in [1.165, 1.54) is 17.3 Å². The zero-order valence-corrected chi connectivity index (χ0v) is 19.0. The average molecular weight is 437 g/mol. The molecule has 3 aromatic rings. The summed E-state index contributed by atoms with van der Waals surface area (Å²) in [6, 6.07) is 15.7. The van der Waals surface area contributed by atoms with Gasteiger partial charge in [-0.15, -0.1) is 16.8 Å². The molecule has 0 radical (unpaired) electrons. The lowest BCUT2D eigenvalue weighted by Crippen LogP contribution is -2.14. The molecule has 0 spiro atoms. The smallest absolute Gasteiger partial charge is 0.234 e. The average Bonchev–Trinajstić information content (AvgIpc) is 3.20. The number of ether oxygens (including phenoxy) is 1. The number of amides is 1. The molecule has 1 amide bonds. The molecule has 0 fully saturated rings. The Kier molecular flexibility index (Phi) is 7.89. The Morgan fingerprint density at radius 2 is 1.90 bits per heavy atom. The van der Waals surface area contributed by atoms with Crippen molar-refractivity contribution < 1.29 is 9.53 Å². The van der Waals surface area contributed by atoms with Crippen molar-refractivity contribution in [1.29, 1.82) is 0 Å². The maximum absolute atomic E-state index is 12.5. The fraction of sp³-hybridized carbons (Fsp3) is 0.292. The number of anilines is 1. The van der Waals surface area contributed by atoms with E-state index in [4.69, 9.17) is 4.74 Å². The largest absolute Gasteiger partial charge is 0.497 e. The number of methoxy groups -OCH3 is 1. The van der Waals surface area contributed by atoms with Gasteiger partial charge < -0.3 is 10.1 Å². The molecule has 1 N–H and O–H groups in total. The number of rotatable bonds is 10. The summed E-state index contributed by atoms with van der Waals surface area (Å²) in [4.78, 5) is 12.5. The highest BCUT2D eigenvalue weighted by atomic mass is 32.2. The Morgan fingerprint density at radius 1 is 1.19 bits per heavy atom. The second-order valence-electron chi connectivity index (χ2n) is 7.20. The molecule has 0 bridgehead atoms. The van der Waals surface area contributed by atoms with Crippen LogP contribution in [0.5, 0.6) is 5.75 Å². The second kappa shape index (κ2) is 10.8. The predicted octanol–water partition coefficient (Wildman–Crippen LogP) is 5.38. The van der Waals surface area contributed by atoms with E-state index in [0.29, 0.717) is 17.6 Å². The van der Waals surface area contributed by atoms with Gasteiger partial charge in [-0.1, -0.05) is 43.8 Å². The Labute approximate surface area is 187 Å². The van der Waals surface area contributed by atoms with Gasteiger partial charge in [-0.05, 0) is 54.3 Å². The summed E-state index contributed by atoms with van der Waals surface area (Å²) < 4.78 is 7.17. The van der Waals surface area contributed by atoms with Crippen molar-refractivity contribution in [2.24, 2.45) is 0 Å². The van der Waals surface area contributed by atoms with E-state index in [-0.39, 0.29) is 11.7 Å². The number of nitrogens with zero attached hydrogens (tertiary/aromatic N) is 3. The third-order valence-corrected chi connectivity index (χ3v) is 6.05. The van der Waals surface area contributed by atoms with Crippen molar-refractivity contribution in [3.63, 3.8) is 0 Å². The van der Waals surface area contributed by atoms with Gasteiger partial charge in [0.15, 0.2) is 11.0 Å². The Bertz CT molecular complexity index is 1010. The van der Waals surface area contributed by atoms with Gasteiger partial charge in [0.25, 0.3) is 0 Å². The minimum absolute atomic E-state index is 0.0829. The first kappa shape index (κ1) is 22.6. The van der Waals surface area contributed by atoms with Crippen molar-refractivity contribution in [3.05, 3.63) is 66.7 Å². The highest BCUT2D eigenvalue weighted by molar-refractivity contribution is 7.99. The van der Waals surface area contributed by atoms with Crippen LogP contribution in [-0.2, 0) is 11.3 Å². The van der Waals surface area contributed by atoms with E-state index in [2.05, 4.69) is 48.1 Å². The number of hydrogen-bond acceptors (Lipinski definition) is 5. The number of carbonyl (C=O) groups is 1. The Morgan fingerprint density at radius 3 is 2.52 bits per heavy atom. The van der Waals surface area contributed by atoms with Gasteiger partial charge >= 0.3 is 0 Å². The van der Waals surface area contributed by atoms with E-state index in [1.54, 1.807) is 13.2 Å². The molecular weight excluding hydrogens is 408 g/mol. The van der Waals surface area contributed by atoms with E-state index < -0.39 is 0 Å². The van der Waals surface area contributed by atoms with Crippen LogP contribution in [0, 0.1) is 0 Å². The number of aromatic nitrogens is 3. The van der Waals surface area contributed by atoms with Crippen molar-refractivity contribution in [2.45, 2.75) is 37.9 Å². The monoisotopic (exact) mass is 436 g/mol. The van der Waals surface area contributed by atoms with Crippen LogP contribution in [0.25, 0.3) is 11.4 Å². The van der Waals surface area contributed by atoms with Crippen LogP contribution in [0.2, 0.25) is 0 Å². The second-order valence-corrected chi connectivity index (χ2v) is 8.14. The Balaban J connectivity index is 1.66.